The quantitative estimate of drug-likeness (QED) is 0.622. The van der Waals surface area contributed by atoms with Crippen molar-refractivity contribution in [2.45, 2.75) is 31.8 Å². The molecule has 2 N–H and O–H groups in total. The van der Waals surface area contributed by atoms with Gasteiger partial charge in [-0.25, -0.2) is 9.78 Å². The summed E-state index contributed by atoms with van der Waals surface area (Å²) in [6, 6.07) is 9.56. The fourth-order valence-electron chi connectivity index (χ4n) is 4.56. The number of halogens is 1. The second kappa shape index (κ2) is 8.96. The first-order valence-electron chi connectivity index (χ1n) is 11.0. The van der Waals surface area contributed by atoms with Gasteiger partial charge in [0.1, 0.15) is 11.9 Å². The number of cyclic esters (lactones) is 1. The summed E-state index contributed by atoms with van der Waals surface area (Å²) in [5.41, 5.74) is 2.66. The van der Waals surface area contributed by atoms with E-state index in [0.717, 1.165) is 43.8 Å². The molecule has 0 saturated carbocycles. The Kier molecular flexibility index (Phi) is 5.89. The summed E-state index contributed by atoms with van der Waals surface area (Å²) in [5, 5.41) is 7.07. The third-order valence-corrected chi connectivity index (χ3v) is 6.49. The Morgan fingerprint density at radius 2 is 2.12 bits per heavy atom. The fourth-order valence-corrected chi connectivity index (χ4v) is 4.83. The normalized spacial score (nSPS) is 21.6. The molecule has 32 heavy (non-hydrogen) atoms. The standard InChI is InChI=1S/C23H25ClN4O4/c24-18-5-1-3-15-9-14(10-17(15)18)11-25-8-2-4-16-12-28(23(30)32-16)20-7-6-19-22(26-20)27-21(29)13-31-19/h1,3,5-7,14,16,25H,2,4,8-13H2,(H,26,27,29). The maximum Gasteiger partial charge on any atom is 0.415 e. The van der Waals surface area contributed by atoms with Gasteiger partial charge in [-0.3, -0.25) is 9.69 Å². The molecule has 3 aliphatic rings. The van der Waals surface area contributed by atoms with Gasteiger partial charge >= 0.3 is 6.09 Å². The number of nitrogens with one attached hydrogen (secondary N) is 2. The maximum absolute atomic E-state index is 12.3. The molecule has 1 fully saturated rings. The Bertz CT molecular complexity index is 1050. The van der Waals surface area contributed by atoms with E-state index in [1.54, 1.807) is 12.1 Å². The summed E-state index contributed by atoms with van der Waals surface area (Å²) < 4.78 is 10.8. The molecule has 1 saturated heterocycles. The van der Waals surface area contributed by atoms with Crippen LogP contribution in [-0.2, 0) is 22.4 Å². The summed E-state index contributed by atoms with van der Waals surface area (Å²) in [7, 11) is 0. The highest BCUT2D eigenvalue weighted by molar-refractivity contribution is 6.31. The lowest BCUT2D eigenvalue weighted by Crippen LogP contribution is -2.29. The number of rotatable bonds is 7. The van der Waals surface area contributed by atoms with Crippen molar-refractivity contribution in [3.63, 3.8) is 0 Å². The van der Waals surface area contributed by atoms with Gasteiger partial charge in [0.05, 0.1) is 6.54 Å². The van der Waals surface area contributed by atoms with E-state index in [4.69, 9.17) is 21.1 Å². The summed E-state index contributed by atoms with van der Waals surface area (Å²) in [6.07, 6.45) is 3.18. The number of amides is 2. The van der Waals surface area contributed by atoms with Crippen molar-refractivity contribution in [1.82, 2.24) is 10.3 Å². The van der Waals surface area contributed by atoms with E-state index in [9.17, 15) is 9.59 Å². The zero-order valence-electron chi connectivity index (χ0n) is 17.6. The van der Waals surface area contributed by atoms with Crippen LogP contribution in [0.3, 0.4) is 0 Å². The number of carbonyl (C=O) groups is 2. The van der Waals surface area contributed by atoms with Crippen molar-refractivity contribution in [3.05, 3.63) is 46.5 Å². The van der Waals surface area contributed by atoms with E-state index in [2.05, 4.69) is 21.7 Å². The molecule has 2 unspecified atom stereocenters. The minimum Gasteiger partial charge on any atom is -0.480 e. The highest BCUT2D eigenvalue weighted by Gasteiger charge is 2.33. The molecule has 1 aliphatic carbocycles. The molecule has 0 spiro atoms. The molecule has 5 rings (SSSR count). The van der Waals surface area contributed by atoms with E-state index in [-0.39, 0.29) is 18.6 Å². The molecule has 2 amide bonds. The van der Waals surface area contributed by atoms with Crippen LogP contribution in [0.5, 0.6) is 5.75 Å². The molecule has 2 aromatic rings. The van der Waals surface area contributed by atoms with Gasteiger partial charge in [-0.2, -0.15) is 0 Å². The molecule has 168 valence electrons. The van der Waals surface area contributed by atoms with E-state index in [0.29, 0.717) is 29.8 Å². The van der Waals surface area contributed by atoms with Crippen LogP contribution in [0.4, 0.5) is 16.4 Å². The summed E-state index contributed by atoms with van der Waals surface area (Å²) in [4.78, 5) is 29.7. The van der Waals surface area contributed by atoms with Crippen LogP contribution in [0.15, 0.2) is 30.3 Å². The van der Waals surface area contributed by atoms with Crippen molar-refractivity contribution < 1.29 is 19.1 Å². The van der Waals surface area contributed by atoms with Crippen LogP contribution in [0, 0.1) is 5.92 Å². The largest absolute Gasteiger partial charge is 0.480 e. The van der Waals surface area contributed by atoms with Gasteiger partial charge in [-0.05, 0) is 74.0 Å². The molecular formula is C23H25ClN4O4. The molecule has 1 aromatic carbocycles. The topological polar surface area (TPSA) is 92.8 Å². The van der Waals surface area contributed by atoms with Gasteiger partial charge in [-0.1, -0.05) is 23.7 Å². The Morgan fingerprint density at radius 3 is 3.00 bits per heavy atom. The van der Waals surface area contributed by atoms with E-state index in [1.165, 1.54) is 16.0 Å². The number of anilines is 2. The molecular weight excluding hydrogens is 432 g/mol. The predicted molar refractivity (Wildman–Crippen MR) is 120 cm³/mol. The summed E-state index contributed by atoms with van der Waals surface area (Å²) in [6.45, 7) is 2.23. The maximum atomic E-state index is 12.3. The van der Waals surface area contributed by atoms with Crippen LogP contribution < -0.4 is 20.3 Å². The van der Waals surface area contributed by atoms with Crippen molar-refractivity contribution in [2.24, 2.45) is 5.92 Å². The molecule has 9 heteroatoms. The van der Waals surface area contributed by atoms with Crippen molar-refractivity contribution in [3.8, 4) is 5.75 Å². The van der Waals surface area contributed by atoms with E-state index in [1.807, 2.05) is 12.1 Å². The molecule has 2 aliphatic heterocycles. The second-order valence-corrected chi connectivity index (χ2v) is 8.87. The summed E-state index contributed by atoms with van der Waals surface area (Å²) in [5.74, 6) is 1.58. The van der Waals surface area contributed by atoms with Gasteiger partial charge in [0.25, 0.3) is 5.91 Å². The number of fused-ring (bicyclic) bond motifs is 2. The van der Waals surface area contributed by atoms with Crippen LogP contribution in [-0.4, -0.2) is 49.3 Å². The number of nitrogens with zero attached hydrogens (tertiary/aromatic N) is 2. The molecule has 0 radical (unpaired) electrons. The molecule has 1 aromatic heterocycles. The second-order valence-electron chi connectivity index (χ2n) is 8.47. The molecule has 2 atom stereocenters. The van der Waals surface area contributed by atoms with Gasteiger partial charge < -0.3 is 20.1 Å². The predicted octanol–water partition coefficient (Wildman–Crippen LogP) is 3.18. The highest BCUT2D eigenvalue weighted by Crippen LogP contribution is 2.32. The van der Waals surface area contributed by atoms with E-state index >= 15 is 0 Å². The third-order valence-electron chi connectivity index (χ3n) is 6.14. The Balaban J connectivity index is 1.06. The van der Waals surface area contributed by atoms with Gasteiger partial charge in [-0.15, -0.1) is 0 Å². The van der Waals surface area contributed by atoms with Crippen molar-refractivity contribution in [2.75, 3.05) is 36.5 Å². The van der Waals surface area contributed by atoms with E-state index < -0.39 is 6.09 Å². The number of hydrogen-bond acceptors (Lipinski definition) is 6. The monoisotopic (exact) mass is 456 g/mol. The number of benzene rings is 1. The smallest absolute Gasteiger partial charge is 0.415 e. The lowest BCUT2D eigenvalue weighted by Gasteiger charge is -2.19. The molecule has 0 bridgehead atoms. The molecule has 8 nitrogen and oxygen atoms in total. The first-order valence-corrected chi connectivity index (χ1v) is 11.3. The average molecular weight is 457 g/mol. The fraction of sp³-hybridized carbons (Fsp3) is 0.435. The number of aromatic nitrogens is 1. The number of carbonyl (C=O) groups excluding carboxylic acids is 2. The van der Waals surface area contributed by atoms with Crippen LogP contribution >= 0.6 is 11.6 Å². The van der Waals surface area contributed by atoms with Crippen LogP contribution in [0.2, 0.25) is 5.02 Å². The van der Waals surface area contributed by atoms with Crippen molar-refractivity contribution in [1.29, 1.82) is 0 Å². The van der Waals surface area contributed by atoms with Crippen LogP contribution in [0.25, 0.3) is 0 Å². The molecule has 3 heterocycles. The van der Waals surface area contributed by atoms with Gasteiger partial charge in [0.2, 0.25) is 0 Å². The Morgan fingerprint density at radius 1 is 1.22 bits per heavy atom. The van der Waals surface area contributed by atoms with Crippen LogP contribution in [0.1, 0.15) is 24.0 Å². The Hall–Kier alpha value is -2.84. The number of pyridine rings is 1. The zero-order valence-corrected chi connectivity index (χ0v) is 18.4. The van der Waals surface area contributed by atoms with Crippen molar-refractivity contribution >= 4 is 35.2 Å². The summed E-state index contributed by atoms with van der Waals surface area (Å²) >= 11 is 6.31. The highest BCUT2D eigenvalue weighted by atomic mass is 35.5. The first-order chi connectivity index (χ1) is 15.6. The third kappa shape index (κ3) is 4.38. The number of ether oxygens (including phenoxy) is 2. The SMILES string of the molecule is O=C1COc2ccc(N3CC(CCCNCC4Cc5cccc(Cl)c5C4)OC3=O)nc2N1. The first kappa shape index (κ1) is 21.0. The van der Waals surface area contributed by atoms with Gasteiger partial charge in [0, 0.05) is 5.02 Å². The minimum absolute atomic E-state index is 0.0304. The Labute approximate surface area is 191 Å². The zero-order chi connectivity index (χ0) is 22.1. The van der Waals surface area contributed by atoms with Gasteiger partial charge in [0.15, 0.2) is 18.2 Å². The number of hydrogen-bond donors (Lipinski definition) is 2. The lowest BCUT2D eigenvalue weighted by atomic mass is 10.1. The lowest BCUT2D eigenvalue weighted by molar-refractivity contribution is -0.118. The minimum atomic E-state index is -0.418. The average Bonchev–Trinajstić information content (AvgIpc) is 3.37.